The molecule has 0 aliphatic rings. The van der Waals surface area contributed by atoms with Crippen molar-refractivity contribution in [1.82, 2.24) is 4.98 Å². The summed E-state index contributed by atoms with van der Waals surface area (Å²) in [5.74, 6) is 1.25. The van der Waals surface area contributed by atoms with Gasteiger partial charge in [-0.2, -0.15) is 0 Å². The summed E-state index contributed by atoms with van der Waals surface area (Å²) in [6.07, 6.45) is 1.63. The topological polar surface area (TPSA) is 42.4 Å². The second-order valence-corrected chi connectivity index (χ2v) is 4.24. The van der Waals surface area contributed by atoms with Crippen molar-refractivity contribution in [2.45, 2.75) is 6.61 Å². The number of fused-ring (bicyclic) bond motifs is 1. The van der Waals surface area contributed by atoms with E-state index in [0.717, 1.165) is 22.1 Å². The van der Waals surface area contributed by atoms with Crippen LogP contribution in [-0.2, 0) is 6.61 Å². The van der Waals surface area contributed by atoms with Crippen LogP contribution in [0.25, 0.3) is 10.8 Å². The number of ether oxygens (including phenoxy) is 1. The van der Waals surface area contributed by atoms with E-state index in [-0.39, 0.29) is 6.61 Å². The molecule has 0 saturated carbocycles. The Labute approximate surface area is 111 Å². The summed E-state index contributed by atoms with van der Waals surface area (Å²) in [5.41, 5.74) is 0.783. The van der Waals surface area contributed by atoms with Crippen LogP contribution in [0.15, 0.2) is 60.8 Å². The van der Waals surface area contributed by atoms with Crippen LogP contribution in [0.5, 0.6) is 11.6 Å². The molecule has 0 atom stereocenters. The average Bonchev–Trinajstić information content (AvgIpc) is 2.48. The zero-order valence-electron chi connectivity index (χ0n) is 10.3. The quantitative estimate of drug-likeness (QED) is 0.774. The normalized spacial score (nSPS) is 10.6. The molecule has 0 saturated heterocycles. The van der Waals surface area contributed by atoms with E-state index in [1.54, 1.807) is 18.3 Å². The first-order valence-corrected chi connectivity index (χ1v) is 6.08. The maximum Gasteiger partial charge on any atom is 0.219 e. The van der Waals surface area contributed by atoms with Crippen LogP contribution in [-0.4, -0.2) is 10.1 Å². The molecule has 3 heteroatoms. The molecule has 1 N–H and O–H groups in total. The van der Waals surface area contributed by atoms with E-state index in [1.165, 1.54) is 0 Å². The van der Waals surface area contributed by atoms with Gasteiger partial charge in [0.05, 0.1) is 6.61 Å². The molecule has 0 bridgehead atoms. The molecule has 0 unspecified atom stereocenters. The Morgan fingerprint density at radius 3 is 2.74 bits per heavy atom. The molecule has 3 nitrogen and oxygen atoms in total. The Morgan fingerprint density at radius 1 is 1.00 bits per heavy atom. The Bertz CT molecular complexity index is 704. The lowest BCUT2D eigenvalue weighted by Gasteiger charge is -2.08. The summed E-state index contributed by atoms with van der Waals surface area (Å²) < 4.78 is 5.81. The number of hydrogen-bond acceptors (Lipinski definition) is 3. The maximum absolute atomic E-state index is 9.12. The Morgan fingerprint density at radius 2 is 1.84 bits per heavy atom. The van der Waals surface area contributed by atoms with Gasteiger partial charge in [-0.3, -0.25) is 0 Å². The van der Waals surface area contributed by atoms with E-state index in [1.807, 2.05) is 42.5 Å². The van der Waals surface area contributed by atoms with E-state index >= 15 is 0 Å². The van der Waals surface area contributed by atoms with Crippen LogP contribution in [0.4, 0.5) is 0 Å². The lowest BCUT2D eigenvalue weighted by Crippen LogP contribution is -1.91. The molecule has 0 radical (unpaired) electrons. The highest BCUT2D eigenvalue weighted by atomic mass is 16.5. The van der Waals surface area contributed by atoms with Crippen molar-refractivity contribution in [3.8, 4) is 11.6 Å². The number of hydrogen-bond donors (Lipinski definition) is 1. The van der Waals surface area contributed by atoms with Crippen molar-refractivity contribution >= 4 is 10.8 Å². The van der Waals surface area contributed by atoms with Gasteiger partial charge in [0.25, 0.3) is 0 Å². The summed E-state index contributed by atoms with van der Waals surface area (Å²) in [6.45, 7) is -0.0194. The molecule has 0 aliphatic carbocycles. The molecule has 0 amide bonds. The van der Waals surface area contributed by atoms with Gasteiger partial charge in [0, 0.05) is 17.6 Å². The summed E-state index contributed by atoms with van der Waals surface area (Å²) in [5, 5.41) is 11.3. The Hall–Kier alpha value is -2.39. The lowest BCUT2D eigenvalue weighted by molar-refractivity contribution is 0.281. The number of benzene rings is 2. The van der Waals surface area contributed by atoms with Crippen molar-refractivity contribution < 1.29 is 9.84 Å². The summed E-state index contributed by atoms with van der Waals surface area (Å²) in [7, 11) is 0. The average molecular weight is 251 g/mol. The Kier molecular flexibility index (Phi) is 3.12. The van der Waals surface area contributed by atoms with Gasteiger partial charge in [-0.25, -0.2) is 4.98 Å². The number of rotatable bonds is 3. The van der Waals surface area contributed by atoms with Crippen LogP contribution in [0.3, 0.4) is 0 Å². The smallest absolute Gasteiger partial charge is 0.219 e. The van der Waals surface area contributed by atoms with E-state index in [9.17, 15) is 0 Å². The number of nitrogens with zero attached hydrogens (tertiary/aromatic N) is 1. The van der Waals surface area contributed by atoms with Crippen LogP contribution >= 0.6 is 0 Å². The molecule has 3 aromatic rings. The fraction of sp³-hybridized carbons (Fsp3) is 0.0625. The zero-order valence-corrected chi connectivity index (χ0v) is 10.3. The third kappa shape index (κ3) is 2.41. The second-order valence-electron chi connectivity index (χ2n) is 4.24. The molecule has 2 aromatic carbocycles. The van der Waals surface area contributed by atoms with Crippen molar-refractivity contribution in [3.05, 3.63) is 66.4 Å². The van der Waals surface area contributed by atoms with Crippen LogP contribution in [0.2, 0.25) is 0 Å². The first-order valence-electron chi connectivity index (χ1n) is 6.08. The summed E-state index contributed by atoms with van der Waals surface area (Å²) in [4.78, 5) is 4.16. The number of aliphatic hydroxyl groups excluding tert-OH is 1. The van der Waals surface area contributed by atoms with Crippen LogP contribution < -0.4 is 4.74 Å². The standard InChI is InChI=1S/C16H13NO2/c18-11-12-8-9-17-16(10-12)19-15-7-3-5-13-4-1-2-6-14(13)15/h1-10,18H,11H2. The molecule has 1 heterocycles. The summed E-state index contributed by atoms with van der Waals surface area (Å²) >= 11 is 0. The fourth-order valence-corrected chi connectivity index (χ4v) is 2.00. The van der Waals surface area contributed by atoms with Gasteiger partial charge in [-0.05, 0) is 23.1 Å². The first-order chi connectivity index (χ1) is 9.36. The van der Waals surface area contributed by atoms with E-state index in [2.05, 4.69) is 4.98 Å². The third-order valence-electron chi connectivity index (χ3n) is 2.95. The number of aliphatic hydroxyl groups is 1. The van der Waals surface area contributed by atoms with E-state index in [0.29, 0.717) is 5.88 Å². The van der Waals surface area contributed by atoms with E-state index < -0.39 is 0 Å². The molecule has 0 aliphatic heterocycles. The van der Waals surface area contributed by atoms with Gasteiger partial charge in [-0.1, -0.05) is 36.4 Å². The minimum Gasteiger partial charge on any atom is -0.438 e. The third-order valence-corrected chi connectivity index (χ3v) is 2.95. The molecule has 19 heavy (non-hydrogen) atoms. The second kappa shape index (κ2) is 5.08. The molecule has 1 aromatic heterocycles. The van der Waals surface area contributed by atoms with Crippen molar-refractivity contribution in [1.29, 1.82) is 0 Å². The molecule has 94 valence electrons. The lowest BCUT2D eigenvalue weighted by atomic mass is 10.1. The molecule has 3 rings (SSSR count). The predicted molar refractivity (Wildman–Crippen MR) is 74.2 cm³/mol. The summed E-state index contributed by atoms with van der Waals surface area (Å²) in [6, 6.07) is 17.4. The highest BCUT2D eigenvalue weighted by Gasteiger charge is 2.04. The molecule has 0 fully saturated rings. The van der Waals surface area contributed by atoms with Gasteiger partial charge in [0.2, 0.25) is 5.88 Å². The van der Waals surface area contributed by atoms with Gasteiger partial charge in [0.15, 0.2) is 0 Å². The fourth-order valence-electron chi connectivity index (χ4n) is 2.00. The number of pyridine rings is 1. The van der Waals surface area contributed by atoms with Crippen molar-refractivity contribution in [2.24, 2.45) is 0 Å². The van der Waals surface area contributed by atoms with Gasteiger partial charge >= 0.3 is 0 Å². The molecule has 0 spiro atoms. The van der Waals surface area contributed by atoms with E-state index in [4.69, 9.17) is 9.84 Å². The molecular formula is C16H13NO2. The minimum atomic E-state index is -0.0194. The van der Waals surface area contributed by atoms with Crippen LogP contribution in [0, 0.1) is 0 Å². The number of aromatic nitrogens is 1. The Balaban J connectivity index is 2.01. The maximum atomic E-state index is 9.12. The first kappa shape index (κ1) is 11.7. The van der Waals surface area contributed by atoms with Crippen molar-refractivity contribution in [3.63, 3.8) is 0 Å². The highest BCUT2D eigenvalue weighted by molar-refractivity contribution is 5.88. The SMILES string of the molecule is OCc1ccnc(Oc2cccc3ccccc23)c1. The molecular weight excluding hydrogens is 238 g/mol. The van der Waals surface area contributed by atoms with Crippen LogP contribution in [0.1, 0.15) is 5.56 Å². The van der Waals surface area contributed by atoms with Gasteiger partial charge in [-0.15, -0.1) is 0 Å². The monoisotopic (exact) mass is 251 g/mol. The highest BCUT2D eigenvalue weighted by Crippen LogP contribution is 2.28. The van der Waals surface area contributed by atoms with Gasteiger partial charge < -0.3 is 9.84 Å². The minimum absolute atomic E-state index is 0.0194. The van der Waals surface area contributed by atoms with Gasteiger partial charge in [0.1, 0.15) is 5.75 Å². The van der Waals surface area contributed by atoms with Crippen molar-refractivity contribution in [2.75, 3.05) is 0 Å². The predicted octanol–water partition coefficient (Wildman–Crippen LogP) is 3.52. The zero-order chi connectivity index (χ0) is 13.1. The largest absolute Gasteiger partial charge is 0.438 e.